The number of rotatable bonds is 7. The average molecular weight is 469 g/mol. The van der Waals surface area contributed by atoms with E-state index in [2.05, 4.69) is 0 Å². The van der Waals surface area contributed by atoms with Gasteiger partial charge >= 0.3 is 5.91 Å². The van der Waals surface area contributed by atoms with E-state index < -0.39 is 21.7 Å². The second-order valence-electron chi connectivity index (χ2n) is 6.87. The first kappa shape index (κ1) is 21.4. The van der Waals surface area contributed by atoms with Crippen molar-refractivity contribution in [2.75, 3.05) is 31.9 Å². The topological polar surface area (TPSA) is 98.1 Å². The van der Waals surface area contributed by atoms with Gasteiger partial charge in [-0.1, -0.05) is 11.6 Å². The zero-order valence-electron chi connectivity index (χ0n) is 16.4. The number of hydrogen-bond acceptors (Lipinski definition) is 7. The van der Waals surface area contributed by atoms with Crippen LogP contribution >= 0.6 is 11.6 Å². The molecule has 0 radical (unpaired) electrons. The number of sulfonamides is 1. The van der Waals surface area contributed by atoms with Gasteiger partial charge in [-0.3, -0.25) is 4.79 Å². The van der Waals surface area contributed by atoms with E-state index in [1.54, 1.807) is 6.07 Å². The smallest absolute Gasteiger partial charge is 0.300 e. The van der Waals surface area contributed by atoms with Crippen LogP contribution in [0.4, 0.5) is 10.1 Å². The van der Waals surface area contributed by atoms with E-state index in [1.807, 2.05) is 9.62 Å². The second-order valence-corrected chi connectivity index (χ2v) is 8.93. The first-order chi connectivity index (χ1) is 14.8. The lowest BCUT2D eigenvalue weighted by Gasteiger charge is -2.33. The molecule has 2 heterocycles. The number of anilines is 1. The van der Waals surface area contributed by atoms with Gasteiger partial charge in [0.1, 0.15) is 22.0 Å². The molecule has 1 aliphatic rings. The van der Waals surface area contributed by atoms with Crippen LogP contribution in [0, 0.1) is 5.82 Å². The monoisotopic (exact) mass is 468 g/mol. The Bertz CT molecular complexity index is 1260. The summed E-state index contributed by atoms with van der Waals surface area (Å²) in [5.74, 6) is -1.78. The Morgan fingerprint density at radius 3 is 2.71 bits per heavy atom. The predicted octanol–water partition coefficient (Wildman–Crippen LogP) is 3.54. The van der Waals surface area contributed by atoms with Gasteiger partial charge in [-0.25, -0.2) is 17.5 Å². The number of carbonyl (C=O) groups excluding carboxylic acids is 1. The predicted molar refractivity (Wildman–Crippen MR) is 112 cm³/mol. The van der Waals surface area contributed by atoms with E-state index in [0.29, 0.717) is 5.69 Å². The molecule has 3 aromatic rings. The standard InChI is InChI=1S/C20H18ClFN2O6S/c1-28-11-29-13-3-4-15(21)19(9-13)31(26,27)23-20(25)18-10-14-16(22)7-12(8-17(14)30-18)24-5-2-6-24/h3-4,7-10H,2,5-6,11H2,1H3,(H,23,25). The molecule has 1 saturated heterocycles. The zero-order chi connectivity index (χ0) is 22.2. The molecule has 11 heteroatoms. The Hall–Kier alpha value is -2.82. The zero-order valence-corrected chi connectivity index (χ0v) is 17.9. The lowest BCUT2D eigenvalue weighted by atomic mass is 10.1. The van der Waals surface area contributed by atoms with Gasteiger partial charge in [0, 0.05) is 44.1 Å². The van der Waals surface area contributed by atoms with Crippen LogP contribution in [0.2, 0.25) is 5.02 Å². The van der Waals surface area contributed by atoms with Gasteiger partial charge in [0.15, 0.2) is 12.6 Å². The molecule has 0 saturated carbocycles. The highest BCUT2D eigenvalue weighted by atomic mass is 35.5. The number of halogens is 2. The van der Waals surface area contributed by atoms with E-state index in [1.165, 1.54) is 25.3 Å². The van der Waals surface area contributed by atoms with Crippen molar-refractivity contribution in [1.29, 1.82) is 0 Å². The lowest BCUT2D eigenvalue weighted by Crippen LogP contribution is -2.36. The molecule has 1 N–H and O–H groups in total. The van der Waals surface area contributed by atoms with Gasteiger partial charge < -0.3 is 18.8 Å². The number of fused-ring (bicyclic) bond motifs is 1. The molecular weight excluding hydrogens is 451 g/mol. The highest BCUT2D eigenvalue weighted by Crippen LogP contribution is 2.31. The van der Waals surface area contributed by atoms with Gasteiger partial charge in [0.05, 0.1) is 10.4 Å². The number of benzene rings is 2. The van der Waals surface area contributed by atoms with Crippen LogP contribution in [-0.4, -0.2) is 41.3 Å². The summed E-state index contributed by atoms with van der Waals surface area (Å²) in [5, 5.41) is -0.0280. The summed E-state index contributed by atoms with van der Waals surface area (Å²) in [6.07, 6.45) is 1.02. The Kier molecular flexibility index (Phi) is 5.78. The van der Waals surface area contributed by atoms with Crippen LogP contribution < -0.4 is 14.4 Å². The van der Waals surface area contributed by atoms with Crippen molar-refractivity contribution >= 4 is 44.2 Å². The Labute approximate surface area is 182 Å². The van der Waals surface area contributed by atoms with Crippen LogP contribution in [-0.2, 0) is 14.8 Å². The molecule has 1 aromatic heterocycles. The number of carbonyl (C=O) groups is 1. The molecule has 4 rings (SSSR count). The number of amides is 1. The molecule has 0 spiro atoms. The number of furan rings is 1. The third-order valence-corrected chi connectivity index (χ3v) is 6.59. The van der Waals surface area contributed by atoms with Crippen molar-refractivity contribution in [3.63, 3.8) is 0 Å². The van der Waals surface area contributed by atoms with Crippen LogP contribution in [0.25, 0.3) is 11.0 Å². The second kappa shape index (κ2) is 8.37. The van der Waals surface area contributed by atoms with Crippen molar-refractivity contribution in [3.05, 3.63) is 53.0 Å². The Balaban J connectivity index is 1.60. The quantitative estimate of drug-likeness (QED) is 0.529. The maximum absolute atomic E-state index is 14.5. The van der Waals surface area contributed by atoms with Crippen LogP contribution in [0.3, 0.4) is 0 Å². The van der Waals surface area contributed by atoms with Crippen molar-refractivity contribution < 1.29 is 31.5 Å². The highest BCUT2D eigenvalue weighted by molar-refractivity contribution is 7.90. The molecule has 164 valence electrons. The highest BCUT2D eigenvalue weighted by Gasteiger charge is 2.25. The molecule has 2 aromatic carbocycles. The molecular formula is C20H18ClFN2O6S. The summed E-state index contributed by atoms with van der Waals surface area (Å²) in [6.45, 7) is 1.52. The fraction of sp³-hybridized carbons (Fsp3) is 0.250. The van der Waals surface area contributed by atoms with Crippen molar-refractivity contribution in [1.82, 2.24) is 4.72 Å². The average Bonchev–Trinajstić information content (AvgIpc) is 3.10. The molecule has 1 fully saturated rings. The third-order valence-electron chi connectivity index (χ3n) is 4.78. The van der Waals surface area contributed by atoms with E-state index in [0.717, 1.165) is 31.6 Å². The maximum Gasteiger partial charge on any atom is 0.300 e. The summed E-state index contributed by atoms with van der Waals surface area (Å²) in [6, 6.07) is 8.08. The van der Waals surface area contributed by atoms with Crippen LogP contribution in [0.5, 0.6) is 5.75 Å². The Morgan fingerprint density at radius 2 is 2.03 bits per heavy atom. The van der Waals surface area contributed by atoms with E-state index >= 15 is 0 Å². The molecule has 1 amide bonds. The van der Waals surface area contributed by atoms with Gasteiger partial charge in [0.2, 0.25) is 0 Å². The number of nitrogens with zero attached hydrogens (tertiary/aromatic N) is 1. The summed E-state index contributed by atoms with van der Waals surface area (Å²) < 4.78 is 57.2. The number of methoxy groups -OCH3 is 1. The van der Waals surface area contributed by atoms with Gasteiger partial charge in [0.25, 0.3) is 10.0 Å². The van der Waals surface area contributed by atoms with Crippen LogP contribution in [0.15, 0.2) is 45.7 Å². The minimum atomic E-state index is -4.36. The molecule has 0 unspecified atom stereocenters. The molecule has 0 atom stereocenters. The molecule has 0 aliphatic carbocycles. The van der Waals surface area contributed by atoms with Crippen molar-refractivity contribution in [2.45, 2.75) is 11.3 Å². The van der Waals surface area contributed by atoms with Crippen LogP contribution in [0.1, 0.15) is 17.0 Å². The first-order valence-electron chi connectivity index (χ1n) is 9.25. The van der Waals surface area contributed by atoms with Crippen molar-refractivity contribution in [3.8, 4) is 5.75 Å². The number of nitrogens with one attached hydrogen (secondary N) is 1. The summed E-state index contributed by atoms with van der Waals surface area (Å²) in [5.41, 5.74) is 0.794. The summed E-state index contributed by atoms with van der Waals surface area (Å²) in [4.78, 5) is 14.2. The number of ether oxygens (including phenoxy) is 2. The van der Waals surface area contributed by atoms with Gasteiger partial charge in [-0.05, 0) is 24.6 Å². The Morgan fingerprint density at radius 1 is 1.26 bits per heavy atom. The summed E-state index contributed by atoms with van der Waals surface area (Å²) >= 11 is 6.00. The first-order valence-corrected chi connectivity index (χ1v) is 11.1. The normalized spacial score (nSPS) is 13.8. The maximum atomic E-state index is 14.5. The minimum Gasteiger partial charge on any atom is -0.468 e. The fourth-order valence-electron chi connectivity index (χ4n) is 3.09. The van der Waals surface area contributed by atoms with E-state index in [9.17, 15) is 17.6 Å². The third kappa shape index (κ3) is 4.32. The van der Waals surface area contributed by atoms with E-state index in [-0.39, 0.29) is 39.2 Å². The fourth-order valence-corrected chi connectivity index (χ4v) is 4.56. The largest absolute Gasteiger partial charge is 0.468 e. The van der Waals surface area contributed by atoms with E-state index in [4.69, 9.17) is 25.5 Å². The molecule has 8 nitrogen and oxygen atoms in total. The van der Waals surface area contributed by atoms with Gasteiger partial charge in [-0.15, -0.1) is 0 Å². The molecule has 31 heavy (non-hydrogen) atoms. The van der Waals surface area contributed by atoms with Gasteiger partial charge in [-0.2, -0.15) is 0 Å². The van der Waals surface area contributed by atoms with Crippen molar-refractivity contribution in [2.24, 2.45) is 0 Å². The SMILES string of the molecule is COCOc1ccc(Cl)c(S(=O)(=O)NC(=O)c2cc3c(F)cc(N4CCC4)cc3o2)c1. The number of hydrogen-bond donors (Lipinski definition) is 1. The summed E-state index contributed by atoms with van der Waals surface area (Å²) in [7, 11) is -2.95. The molecule has 0 bridgehead atoms. The lowest BCUT2D eigenvalue weighted by molar-refractivity contribution is 0.0509. The minimum absolute atomic E-state index is 0.0832. The molecule has 1 aliphatic heterocycles.